The minimum absolute atomic E-state index is 0.0315. The van der Waals surface area contributed by atoms with Gasteiger partial charge in [-0.05, 0) is 63.4 Å². The van der Waals surface area contributed by atoms with Crippen LogP contribution in [0.2, 0.25) is 0 Å². The normalized spacial score (nSPS) is 34.9. The average Bonchev–Trinajstić information content (AvgIpc) is 3.10. The molecule has 1 spiro atoms. The smallest absolute Gasteiger partial charge is 0.0890 e. The van der Waals surface area contributed by atoms with Gasteiger partial charge in [-0.2, -0.15) is 0 Å². The van der Waals surface area contributed by atoms with Crippen LogP contribution in [0.5, 0.6) is 0 Å². The molecule has 2 fully saturated rings. The molecule has 2 heterocycles. The van der Waals surface area contributed by atoms with Crippen molar-refractivity contribution in [1.82, 2.24) is 4.90 Å². The van der Waals surface area contributed by atoms with Crippen molar-refractivity contribution in [2.24, 2.45) is 0 Å². The second kappa shape index (κ2) is 6.35. The standard InChI is InChI=1S/C24H30N2O/c1-26(2)23(18-8-4-3-5-9-18)13-15-24(16-14-23)22-20(12-17-27-24)19-10-6-7-11-21(19)25-22/h3-11,20,22,25H,12-17H2,1-2H3. The van der Waals surface area contributed by atoms with E-state index in [9.17, 15) is 0 Å². The summed E-state index contributed by atoms with van der Waals surface area (Å²) in [5, 5.41) is 3.85. The Bertz CT molecular complexity index is 808. The van der Waals surface area contributed by atoms with Gasteiger partial charge >= 0.3 is 0 Å². The van der Waals surface area contributed by atoms with Crippen LogP contribution in [-0.4, -0.2) is 37.2 Å². The monoisotopic (exact) mass is 362 g/mol. The molecular weight excluding hydrogens is 332 g/mol. The lowest BCUT2D eigenvalue weighted by Gasteiger charge is -2.54. The summed E-state index contributed by atoms with van der Waals surface area (Å²) < 4.78 is 6.58. The number of nitrogens with zero attached hydrogens (tertiary/aromatic N) is 1. The largest absolute Gasteiger partial charge is 0.379 e. The first-order valence-corrected chi connectivity index (χ1v) is 10.4. The van der Waals surface area contributed by atoms with Crippen molar-refractivity contribution in [2.45, 2.75) is 55.2 Å². The molecule has 0 bridgehead atoms. The van der Waals surface area contributed by atoms with Gasteiger partial charge in [0.2, 0.25) is 0 Å². The van der Waals surface area contributed by atoms with Crippen molar-refractivity contribution in [2.75, 3.05) is 26.0 Å². The van der Waals surface area contributed by atoms with Gasteiger partial charge in [-0.25, -0.2) is 0 Å². The third-order valence-electron chi connectivity index (χ3n) is 7.55. The fourth-order valence-electron chi connectivity index (χ4n) is 5.98. The van der Waals surface area contributed by atoms with E-state index in [-0.39, 0.29) is 11.1 Å². The number of ether oxygens (including phenoxy) is 1. The Morgan fingerprint density at radius 3 is 2.37 bits per heavy atom. The SMILES string of the molecule is CN(C)C1(c2ccccc2)CCC2(CC1)OCCC1c3ccccc3NC12. The summed E-state index contributed by atoms with van der Waals surface area (Å²) in [4.78, 5) is 2.44. The Balaban J connectivity index is 1.44. The van der Waals surface area contributed by atoms with Gasteiger partial charge in [0.1, 0.15) is 0 Å². The molecule has 0 aromatic heterocycles. The highest BCUT2D eigenvalue weighted by atomic mass is 16.5. The Morgan fingerprint density at radius 2 is 1.63 bits per heavy atom. The first-order chi connectivity index (χ1) is 13.1. The summed E-state index contributed by atoms with van der Waals surface area (Å²) in [5.41, 5.74) is 4.35. The third-order valence-corrected chi connectivity index (χ3v) is 7.55. The number of hydrogen-bond acceptors (Lipinski definition) is 3. The predicted octanol–water partition coefficient (Wildman–Crippen LogP) is 4.75. The van der Waals surface area contributed by atoms with E-state index in [0.717, 1.165) is 38.7 Å². The number of rotatable bonds is 2. The van der Waals surface area contributed by atoms with E-state index in [4.69, 9.17) is 4.74 Å². The van der Waals surface area contributed by atoms with Gasteiger partial charge in [0.05, 0.1) is 11.6 Å². The summed E-state index contributed by atoms with van der Waals surface area (Å²) in [6.07, 6.45) is 5.65. The van der Waals surface area contributed by atoms with Gasteiger partial charge in [0.15, 0.2) is 0 Å². The Morgan fingerprint density at radius 1 is 0.926 bits per heavy atom. The van der Waals surface area contributed by atoms with Crippen LogP contribution in [0.3, 0.4) is 0 Å². The summed E-state index contributed by atoms with van der Waals surface area (Å²) >= 11 is 0. The Hall–Kier alpha value is -1.84. The van der Waals surface area contributed by atoms with Gasteiger partial charge in [-0.3, -0.25) is 4.90 Å². The summed E-state index contributed by atoms with van der Waals surface area (Å²) in [7, 11) is 4.47. The maximum absolute atomic E-state index is 6.58. The van der Waals surface area contributed by atoms with E-state index in [2.05, 4.69) is 78.9 Å². The van der Waals surface area contributed by atoms with Crippen molar-refractivity contribution in [1.29, 1.82) is 0 Å². The van der Waals surface area contributed by atoms with Crippen LogP contribution in [-0.2, 0) is 10.3 Å². The Kier molecular flexibility index (Phi) is 4.06. The van der Waals surface area contributed by atoms with Gasteiger partial charge in [-0.15, -0.1) is 0 Å². The van der Waals surface area contributed by atoms with E-state index in [1.54, 1.807) is 0 Å². The summed E-state index contributed by atoms with van der Waals surface area (Å²) in [6.45, 7) is 0.886. The topological polar surface area (TPSA) is 24.5 Å². The van der Waals surface area contributed by atoms with E-state index >= 15 is 0 Å². The highest BCUT2D eigenvalue weighted by Gasteiger charge is 2.55. The van der Waals surface area contributed by atoms with Crippen molar-refractivity contribution in [3.05, 3.63) is 65.7 Å². The first-order valence-electron chi connectivity index (χ1n) is 10.4. The molecule has 2 aromatic rings. The van der Waals surface area contributed by atoms with Crippen molar-refractivity contribution in [3.63, 3.8) is 0 Å². The van der Waals surface area contributed by atoms with Crippen molar-refractivity contribution >= 4 is 5.69 Å². The molecule has 3 nitrogen and oxygen atoms in total. The number of fused-ring (bicyclic) bond motifs is 4. The zero-order chi connectivity index (χ0) is 18.5. The van der Waals surface area contributed by atoms with E-state index < -0.39 is 0 Å². The fraction of sp³-hybridized carbons (Fsp3) is 0.500. The second-order valence-electron chi connectivity index (χ2n) is 8.81. The van der Waals surface area contributed by atoms with E-state index in [0.29, 0.717) is 12.0 Å². The van der Waals surface area contributed by atoms with Gasteiger partial charge in [-0.1, -0.05) is 48.5 Å². The van der Waals surface area contributed by atoms with Gasteiger partial charge < -0.3 is 10.1 Å². The maximum Gasteiger partial charge on any atom is 0.0890 e. The summed E-state index contributed by atoms with van der Waals surface area (Å²) in [5.74, 6) is 0.596. The first kappa shape index (κ1) is 17.3. The molecule has 27 heavy (non-hydrogen) atoms. The van der Waals surface area contributed by atoms with Gasteiger partial charge in [0.25, 0.3) is 0 Å². The minimum Gasteiger partial charge on any atom is -0.379 e. The molecule has 0 amide bonds. The average molecular weight is 363 g/mol. The molecule has 1 N–H and O–H groups in total. The number of anilines is 1. The molecule has 5 rings (SSSR count). The molecule has 2 unspecified atom stereocenters. The molecule has 1 saturated carbocycles. The number of nitrogens with one attached hydrogen (secondary N) is 1. The zero-order valence-corrected chi connectivity index (χ0v) is 16.4. The van der Waals surface area contributed by atoms with Crippen LogP contribution in [0.4, 0.5) is 5.69 Å². The quantitative estimate of drug-likeness (QED) is 0.834. The van der Waals surface area contributed by atoms with Crippen molar-refractivity contribution < 1.29 is 4.74 Å². The lowest BCUT2D eigenvalue weighted by molar-refractivity contribution is -0.133. The Labute approximate surface area is 162 Å². The predicted molar refractivity (Wildman–Crippen MR) is 110 cm³/mol. The lowest BCUT2D eigenvalue weighted by Crippen LogP contribution is -2.58. The maximum atomic E-state index is 6.58. The third kappa shape index (κ3) is 2.55. The van der Waals surface area contributed by atoms with Crippen LogP contribution in [0, 0.1) is 0 Å². The molecule has 1 aliphatic carbocycles. The summed E-state index contributed by atoms with van der Waals surface area (Å²) in [6, 6.07) is 20.3. The van der Waals surface area contributed by atoms with E-state index in [1.165, 1.54) is 16.8 Å². The minimum atomic E-state index is -0.0315. The van der Waals surface area contributed by atoms with Crippen LogP contribution in [0.15, 0.2) is 54.6 Å². The van der Waals surface area contributed by atoms with Crippen LogP contribution in [0.1, 0.15) is 49.1 Å². The molecule has 2 atom stereocenters. The van der Waals surface area contributed by atoms with Crippen LogP contribution in [0.25, 0.3) is 0 Å². The van der Waals surface area contributed by atoms with E-state index in [1.807, 2.05) is 0 Å². The fourth-order valence-corrected chi connectivity index (χ4v) is 5.98. The molecule has 3 aliphatic rings. The highest BCUT2D eigenvalue weighted by Crippen LogP contribution is 2.54. The van der Waals surface area contributed by atoms with Crippen molar-refractivity contribution in [3.8, 4) is 0 Å². The van der Waals surface area contributed by atoms with Crippen LogP contribution < -0.4 is 5.32 Å². The molecule has 0 radical (unpaired) electrons. The zero-order valence-electron chi connectivity index (χ0n) is 16.4. The van der Waals surface area contributed by atoms with Gasteiger partial charge in [0, 0.05) is 23.8 Å². The number of hydrogen-bond donors (Lipinski definition) is 1. The highest BCUT2D eigenvalue weighted by molar-refractivity contribution is 5.60. The molecule has 1 saturated heterocycles. The van der Waals surface area contributed by atoms with Crippen LogP contribution >= 0.6 is 0 Å². The molecule has 3 heteroatoms. The molecule has 2 aliphatic heterocycles. The number of benzene rings is 2. The molecule has 2 aromatic carbocycles. The molecule has 142 valence electrons. The lowest BCUT2D eigenvalue weighted by atomic mass is 9.65. The molecular formula is C24H30N2O. The second-order valence-corrected chi connectivity index (χ2v) is 8.81. The number of para-hydroxylation sites is 1.